The van der Waals surface area contributed by atoms with Crippen molar-refractivity contribution in [2.45, 2.75) is 39.3 Å². The van der Waals surface area contributed by atoms with Crippen molar-refractivity contribution >= 4 is 5.97 Å². The first-order valence-corrected chi connectivity index (χ1v) is 7.23. The number of carbonyl (C=O) groups is 1. The average molecular weight is 277 g/mol. The zero-order chi connectivity index (χ0) is 14.7. The number of nitrogens with zero attached hydrogens (tertiary/aromatic N) is 1. The van der Waals surface area contributed by atoms with Gasteiger partial charge in [0.05, 0.1) is 13.2 Å². The highest BCUT2D eigenvalue weighted by Gasteiger charge is 2.35. The molecule has 3 atom stereocenters. The van der Waals surface area contributed by atoms with E-state index >= 15 is 0 Å². The quantitative estimate of drug-likeness (QED) is 0.899. The fraction of sp³-hybridized carbons (Fsp3) is 0.562. The second-order valence-electron chi connectivity index (χ2n) is 5.59. The van der Waals surface area contributed by atoms with Crippen molar-refractivity contribution < 1.29 is 14.6 Å². The van der Waals surface area contributed by atoms with Crippen molar-refractivity contribution in [3.63, 3.8) is 0 Å². The maximum Gasteiger partial charge on any atom is 0.317 e. The van der Waals surface area contributed by atoms with Gasteiger partial charge in [0.25, 0.3) is 0 Å². The highest BCUT2D eigenvalue weighted by Crippen LogP contribution is 2.40. The third kappa shape index (κ3) is 2.96. The van der Waals surface area contributed by atoms with Gasteiger partial charge < -0.3 is 9.84 Å². The van der Waals surface area contributed by atoms with Crippen LogP contribution in [0.3, 0.4) is 0 Å². The van der Waals surface area contributed by atoms with Crippen LogP contribution >= 0.6 is 0 Å². The summed E-state index contributed by atoms with van der Waals surface area (Å²) >= 11 is 0. The molecule has 0 spiro atoms. The Morgan fingerprint density at radius 3 is 2.85 bits per heavy atom. The lowest BCUT2D eigenvalue weighted by atomic mass is 9.89. The van der Waals surface area contributed by atoms with E-state index in [1.54, 1.807) is 0 Å². The molecule has 1 heterocycles. The number of ether oxygens (including phenoxy) is 1. The number of hydrogen-bond acceptors (Lipinski definition) is 3. The van der Waals surface area contributed by atoms with Crippen LogP contribution in [-0.2, 0) is 4.79 Å². The standard InChI is InChI=1S/C16H23NO3/c1-4-12(3)17(9-15(18)19)16-11(2)10-20-14-8-6-5-7-13(14)16/h5-8,11-12,16H,4,9-10H2,1-3H3,(H,18,19). The molecule has 2 rings (SSSR count). The van der Waals surface area contributed by atoms with E-state index in [2.05, 4.69) is 25.7 Å². The van der Waals surface area contributed by atoms with E-state index in [1.807, 2.05) is 24.3 Å². The van der Waals surface area contributed by atoms with Gasteiger partial charge >= 0.3 is 5.97 Å². The van der Waals surface area contributed by atoms with E-state index in [9.17, 15) is 9.90 Å². The van der Waals surface area contributed by atoms with Crippen LogP contribution in [0.1, 0.15) is 38.8 Å². The molecule has 0 aliphatic carbocycles. The van der Waals surface area contributed by atoms with Crippen molar-refractivity contribution in [1.82, 2.24) is 4.90 Å². The fourth-order valence-corrected chi connectivity index (χ4v) is 2.90. The van der Waals surface area contributed by atoms with Crippen molar-refractivity contribution in [1.29, 1.82) is 0 Å². The molecule has 1 N–H and O–H groups in total. The molecule has 1 aromatic rings. The lowest BCUT2D eigenvalue weighted by molar-refractivity contribution is -0.140. The zero-order valence-corrected chi connectivity index (χ0v) is 12.4. The molecule has 110 valence electrons. The van der Waals surface area contributed by atoms with Crippen LogP contribution in [0.4, 0.5) is 0 Å². The molecule has 0 amide bonds. The molecule has 1 aromatic carbocycles. The maximum absolute atomic E-state index is 11.2. The summed E-state index contributed by atoms with van der Waals surface area (Å²) in [6.07, 6.45) is 0.930. The minimum Gasteiger partial charge on any atom is -0.493 e. The predicted molar refractivity (Wildman–Crippen MR) is 77.9 cm³/mol. The highest BCUT2D eigenvalue weighted by molar-refractivity contribution is 5.69. The summed E-state index contributed by atoms with van der Waals surface area (Å²) in [7, 11) is 0. The van der Waals surface area contributed by atoms with Crippen molar-refractivity contribution in [2.24, 2.45) is 5.92 Å². The van der Waals surface area contributed by atoms with Crippen LogP contribution < -0.4 is 4.74 Å². The van der Waals surface area contributed by atoms with Crippen molar-refractivity contribution in [3.8, 4) is 5.75 Å². The molecule has 0 saturated heterocycles. The van der Waals surface area contributed by atoms with Gasteiger partial charge in [0.2, 0.25) is 0 Å². The van der Waals surface area contributed by atoms with Gasteiger partial charge in [-0.25, -0.2) is 0 Å². The van der Waals surface area contributed by atoms with Crippen molar-refractivity contribution in [2.75, 3.05) is 13.2 Å². The number of hydrogen-bond donors (Lipinski definition) is 1. The van der Waals surface area contributed by atoms with E-state index in [0.29, 0.717) is 6.61 Å². The van der Waals surface area contributed by atoms with Crippen LogP contribution in [0.2, 0.25) is 0 Å². The Bertz CT molecular complexity index is 475. The van der Waals surface area contributed by atoms with Gasteiger partial charge in [-0.1, -0.05) is 32.0 Å². The summed E-state index contributed by atoms with van der Waals surface area (Å²) in [5.41, 5.74) is 1.10. The van der Waals surface area contributed by atoms with Gasteiger partial charge in [-0.2, -0.15) is 0 Å². The van der Waals surface area contributed by atoms with Crippen LogP contribution in [0, 0.1) is 5.92 Å². The van der Waals surface area contributed by atoms with Gasteiger partial charge in [0, 0.05) is 23.6 Å². The second kappa shape index (κ2) is 6.27. The predicted octanol–water partition coefficient (Wildman–Crippen LogP) is 2.94. The van der Waals surface area contributed by atoms with Gasteiger partial charge in [-0.05, 0) is 19.4 Å². The Morgan fingerprint density at radius 1 is 1.50 bits per heavy atom. The van der Waals surface area contributed by atoms with Crippen LogP contribution in [0.15, 0.2) is 24.3 Å². The molecule has 0 radical (unpaired) electrons. The topological polar surface area (TPSA) is 49.8 Å². The Hall–Kier alpha value is -1.55. The highest BCUT2D eigenvalue weighted by atomic mass is 16.5. The number of fused-ring (bicyclic) bond motifs is 1. The second-order valence-corrected chi connectivity index (χ2v) is 5.59. The Balaban J connectivity index is 2.38. The van der Waals surface area contributed by atoms with Gasteiger partial charge in [-0.15, -0.1) is 0 Å². The van der Waals surface area contributed by atoms with E-state index in [1.165, 1.54) is 0 Å². The van der Waals surface area contributed by atoms with Crippen LogP contribution in [0.5, 0.6) is 5.75 Å². The molecule has 4 heteroatoms. The first-order valence-electron chi connectivity index (χ1n) is 7.23. The normalized spacial score (nSPS) is 23.0. The van der Waals surface area contributed by atoms with E-state index in [0.717, 1.165) is 17.7 Å². The molecule has 1 aliphatic heterocycles. The summed E-state index contributed by atoms with van der Waals surface area (Å²) < 4.78 is 5.76. The first kappa shape index (κ1) is 14.9. The number of aliphatic carboxylic acids is 1. The monoisotopic (exact) mass is 277 g/mol. The van der Waals surface area contributed by atoms with Crippen molar-refractivity contribution in [3.05, 3.63) is 29.8 Å². The van der Waals surface area contributed by atoms with Crippen LogP contribution in [0.25, 0.3) is 0 Å². The third-order valence-electron chi connectivity index (χ3n) is 4.11. The Labute approximate surface area is 120 Å². The molecule has 0 fully saturated rings. The summed E-state index contributed by atoms with van der Waals surface area (Å²) in [5.74, 6) is 0.383. The Morgan fingerprint density at radius 2 is 2.20 bits per heavy atom. The molecule has 0 saturated carbocycles. The maximum atomic E-state index is 11.2. The SMILES string of the molecule is CCC(C)N(CC(=O)O)C1c2ccccc2OCC1C. The van der Waals surface area contributed by atoms with E-state index < -0.39 is 5.97 Å². The fourth-order valence-electron chi connectivity index (χ4n) is 2.90. The number of carboxylic acid groups (broad SMARTS) is 1. The Kier molecular flexibility index (Phi) is 4.65. The molecule has 3 unspecified atom stereocenters. The lowest BCUT2D eigenvalue weighted by Gasteiger charge is -2.41. The van der Waals surface area contributed by atoms with Gasteiger partial charge in [0.15, 0.2) is 0 Å². The van der Waals surface area contributed by atoms with E-state index in [4.69, 9.17) is 4.74 Å². The zero-order valence-electron chi connectivity index (χ0n) is 12.4. The number of benzene rings is 1. The molecule has 4 nitrogen and oxygen atoms in total. The van der Waals surface area contributed by atoms with Gasteiger partial charge in [0.1, 0.15) is 5.75 Å². The molecule has 0 bridgehead atoms. The molecule has 0 aromatic heterocycles. The summed E-state index contributed by atoms with van der Waals surface area (Å²) in [5, 5.41) is 9.22. The first-order chi connectivity index (χ1) is 9.54. The molecular formula is C16H23NO3. The summed E-state index contributed by atoms with van der Waals surface area (Å²) in [4.78, 5) is 13.3. The molecule has 20 heavy (non-hydrogen) atoms. The smallest absolute Gasteiger partial charge is 0.317 e. The largest absolute Gasteiger partial charge is 0.493 e. The lowest BCUT2D eigenvalue weighted by Crippen LogP contribution is -2.45. The minimum atomic E-state index is -0.776. The van der Waals surface area contributed by atoms with Crippen LogP contribution in [-0.4, -0.2) is 35.2 Å². The average Bonchev–Trinajstić information content (AvgIpc) is 2.44. The van der Waals surface area contributed by atoms with E-state index in [-0.39, 0.29) is 24.5 Å². The third-order valence-corrected chi connectivity index (χ3v) is 4.11. The number of carboxylic acids is 1. The minimum absolute atomic E-state index is 0.0678. The number of rotatable bonds is 5. The van der Waals surface area contributed by atoms with Gasteiger partial charge in [-0.3, -0.25) is 9.69 Å². The number of para-hydroxylation sites is 1. The summed E-state index contributed by atoms with van der Waals surface area (Å²) in [6, 6.07) is 8.28. The summed E-state index contributed by atoms with van der Waals surface area (Å²) in [6.45, 7) is 7.01. The molecule has 1 aliphatic rings. The molecular weight excluding hydrogens is 254 g/mol.